The van der Waals surface area contributed by atoms with E-state index >= 15 is 0 Å². The molecule has 0 bridgehead atoms. The van der Waals surface area contributed by atoms with Crippen molar-refractivity contribution in [1.82, 2.24) is 0 Å². The zero-order chi connectivity index (χ0) is 11.5. The van der Waals surface area contributed by atoms with Crippen molar-refractivity contribution in [2.24, 2.45) is 11.7 Å². The van der Waals surface area contributed by atoms with E-state index in [-0.39, 0.29) is 0 Å². The van der Waals surface area contributed by atoms with E-state index in [0.29, 0.717) is 6.54 Å². The number of hydrogen-bond acceptors (Lipinski definition) is 2. The van der Waals surface area contributed by atoms with Crippen molar-refractivity contribution in [3.05, 3.63) is 28.2 Å². The number of nitrogens with zero attached hydrogens (tertiary/aromatic N) is 1. The molecule has 0 atom stereocenters. The summed E-state index contributed by atoms with van der Waals surface area (Å²) in [6, 6.07) is 6.35. The Morgan fingerprint density at radius 3 is 2.69 bits per heavy atom. The number of rotatable bonds is 2. The van der Waals surface area contributed by atoms with E-state index in [4.69, 9.17) is 5.73 Å². The highest BCUT2D eigenvalue weighted by Gasteiger charge is 2.18. The topological polar surface area (TPSA) is 29.3 Å². The summed E-state index contributed by atoms with van der Waals surface area (Å²) in [4.78, 5) is 2.47. The Hall–Kier alpha value is -0.540. The monoisotopic (exact) mass is 282 g/mol. The Labute approximate surface area is 106 Å². The molecule has 1 aliphatic heterocycles. The van der Waals surface area contributed by atoms with E-state index in [1.165, 1.54) is 24.1 Å². The molecule has 16 heavy (non-hydrogen) atoms. The first-order valence-corrected chi connectivity index (χ1v) is 6.74. The molecule has 0 spiro atoms. The Kier molecular flexibility index (Phi) is 3.87. The fourth-order valence-electron chi connectivity index (χ4n) is 2.30. The minimum atomic E-state index is 0.600. The summed E-state index contributed by atoms with van der Waals surface area (Å²) in [7, 11) is 0. The first-order valence-electron chi connectivity index (χ1n) is 5.94. The van der Waals surface area contributed by atoms with Gasteiger partial charge in [-0.1, -0.05) is 28.9 Å². The van der Waals surface area contributed by atoms with Gasteiger partial charge in [-0.2, -0.15) is 0 Å². The third-order valence-corrected chi connectivity index (χ3v) is 4.17. The van der Waals surface area contributed by atoms with Gasteiger partial charge >= 0.3 is 0 Å². The lowest BCUT2D eigenvalue weighted by molar-refractivity contribution is 0.438. The molecule has 88 valence electrons. The molecule has 0 saturated carbocycles. The number of piperidine rings is 1. The zero-order valence-electron chi connectivity index (χ0n) is 9.75. The standard InChI is InChI=1S/C13H19BrN2/c1-10-5-7-16(8-6-10)13-4-2-3-12(14)11(13)9-15/h2-4,10H,5-9,15H2,1H3. The molecule has 1 heterocycles. The first-order chi connectivity index (χ1) is 7.72. The van der Waals surface area contributed by atoms with Crippen molar-refractivity contribution in [2.75, 3.05) is 18.0 Å². The lowest BCUT2D eigenvalue weighted by Crippen LogP contribution is -2.33. The van der Waals surface area contributed by atoms with Crippen LogP contribution in [0.2, 0.25) is 0 Å². The van der Waals surface area contributed by atoms with Crippen LogP contribution in [0.15, 0.2) is 22.7 Å². The lowest BCUT2D eigenvalue weighted by atomic mass is 9.98. The molecule has 1 aliphatic rings. The summed E-state index contributed by atoms with van der Waals surface area (Å²) < 4.78 is 1.13. The van der Waals surface area contributed by atoms with E-state index in [2.05, 4.69) is 46.0 Å². The van der Waals surface area contributed by atoms with Gasteiger partial charge in [0.25, 0.3) is 0 Å². The van der Waals surface area contributed by atoms with Gasteiger partial charge in [0.1, 0.15) is 0 Å². The molecule has 0 unspecified atom stereocenters. The largest absolute Gasteiger partial charge is 0.371 e. The van der Waals surface area contributed by atoms with E-state index in [0.717, 1.165) is 23.5 Å². The maximum absolute atomic E-state index is 5.83. The third kappa shape index (κ3) is 2.41. The van der Waals surface area contributed by atoms with Crippen LogP contribution in [0.1, 0.15) is 25.3 Å². The minimum absolute atomic E-state index is 0.600. The lowest BCUT2D eigenvalue weighted by Gasteiger charge is -2.33. The van der Waals surface area contributed by atoms with Gasteiger partial charge in [0, 0.05) is 35.4 Å². The van der Waals surface area contributed by atoms with Crippen LogP contribution >= 0.6 is 15.9 Å². The predicted molar refractivity (Wildman–Crippen MR) is 72.6 cm³/mol. The summed E-state index contributed by atoms with van der Waals surface area (Å²) in [5.41, 5.74) is 8.37. The van der Waals surface area contributed by atoms with Crippen molar-refractivity contribution < 1.29 is 0 Å². The van der Waals surface area contributed by atoms with Crippen LogP contribution < -0.4 is 10.6 Å². The molecule has 2 nitrogen and oxygen atoms in total. The van der Waals surface area contributed by atoms with Crippen molar-refractivity contribution in [2.45, 2.75) is 26.3 Å². The van der Waals surface area contributed by atoms with Crippen molar-refractivity contribution in [1.29, 1.82) is 0 Å². The molecule has 0 amide bonds. The van der Waals surface area contributed by atoms with Crippen molar-refractivity contribution in [3.63, 3.8) is 0 Å². The smallest absolute Gasteiger partial charge is 0.0423 e. The number of nitrogens with two attached hydrogens (primary N) is 1. The van der Waals surface area contributed by atoms with Crippen molar-refractivity contribution >= 4 is 21.6 Å². The van der Waals surface area contributed by atoms with Crippen LogP contribution in [0.4, 0.5) is 5.69 Å². The summed E-state index contributed by atoms with van der Waals surface area (Å²) in [6.07, 6.45) is 2.58. The SMILES string of the molecule is CC1CCN(c2cccc(Br)c2CN)CC1. The Bertz CT molecular complexity index is 357. The number of anilines is 1. The van der Waals surface area contributed by atoms with Gasteiger partial charge in [0.05, 0.1) is 0 Å². The molecule has 2 N–H and O–H groups in total. The van der Waals surface area contributed by atoms with Crippen LogP contribution in [-0.2, 0) is 6.54 Å². The van der Waals surface area contributed by atoms with E-state index < -0.39 is 0 Å². The normalized spacial score (nSPS) is 17.8. The van der Waals surface area contributed by atoms with Gasteiger partial charge in [-0.3, -0.25) is 0 Å². The average molecular weight is 283 g/mol. The minimum Gasteiger partial charge on any atom is -0.371 e. The summed E-state index contributed by atoms with van der Waals surface area (Å²) in [6.45, 7) is 5.25. The van der Waals surface area contributed by atoms with Gasteiger partial charge in [0.15, 0.2) is 0 Å². The maximum atomic E-state index is 5.83. The molecule has 1 saturated heterocycles. The van der Waals surface area contributed by atoms with Gasteiger partial charge in [-0.05, 0) is 30.9 Å². The fourth-order valence-corrected chi connectivity index (χ4v) is 2.81. The third-order valence-electron chi connectivity index (χ3n) is 3.42. The second kappa shape index (κ2) is 5.19. The molecule has 0 aromatic heterocycles. The van der Waals surface area contributed by atoms with E-state index in [9.17, 15) is 0 Å². The molecule has 3 heteroatoms. The molecule has 1 aromatic carbocycles. The predicted octanol–water partition coefficient (Wildman–Crippen LogP) is 3.14. The van der Waals surface area contributed by atoms with E-state index in [1.54, 1.807) is 0 Å². The Morgan fingerprint density at radius 1 is 1.38 bits per heavy atom. The van der Waals surface area contributed by atoms with Crippen LogP contribution in [0.25, 0.3) is 0 Å². The second-order valence-electron chi connectivity index (χ2n) is 4.61. The summed E-state index contributed by atoms with van der Waals surface area (Å²) in [5.74, 6) is 0.865. The highest BCUT2D eigenvalue weighted by atomic mass is 79.9. The van der Waals surface area contributed by atoms with Crippen LogP contribution in [0.5, 0.6) is 0 Å². The second-order valence-corrected chi connectivity index (χ2v) is 5.47. The Morgan fingerprint density at radius 2 is 2.06 bits per heavy atom. The summed E-state index contributed by atoms with van der Waals surface area (Å²) >= 11 is 3.58. The Balaban J connectivity index is 2.23. The van der Waals surface area contributed by atoms with Gasteiger partial charge in [0.2, 0.25) is 0 Å². The molecular weight excluding hydrogens is 264 g/mol. The zero-order valence-corrected chi connectivity index (χ0v) is 11.3. The maximum Gasteiger partial charge on any atom is 0.0423 e. The molecule has 1 aromatic rings. The highest BCUT2D eigenvalue weighted by Crippen LogP contribution is 2.30. The molecule has 0 radical (unpaired) electrons. The summed E-state index contributed by atoms with van der Waals surface area (Å²) in [5, 5.41) is 0. The van der Waals surface area contributed by atoms with Crippen LogP contribution in [-0.4, -0.2) is 13.1 Å². The number of hydrogen-bond donors (Lipinski definition) is 1. The number of benzene rings is 1. The van der Waals surface area contributed by atoms with Crippen LogP contribution in [0, 0.1) is 5.92 Å². The van der Waals surface area contributed by atoms with Crippen LogP contribution in [0.3, 0.4) is 0 Å². The van der Waals surface area contributed by atoms with Gasteiger partial charge in [-0.15, -0.1) is 0 Å². The molecular formula is C13H19BrN2. The molecule has 1 fully saturated rings. The van der Waals surface area contributed by atoms with Gasteiger partial charge in [-0.25, -0.2) is 0 Å². The van der Waals surface area contributed by atoms with Crippen molar-refractivity contribution in [3.8, 4) is 0 Å². The fraction of sp³-hybridized carbons (Fsp3) is 0.538. The molecule has 0 aliphatic carbocycles. The van der Waals surface area contributed by atoms with E-state index in [1.807, 2.05) is 0 Å². The first kappa shape index (κ1) is 11.9. The molecule has 2 rings (SSSR count). The highest BCUT2D eigenvalue weighted by molar-refractivity contribution is 9.10. The van der Waals surface area contributed by atoms with Gasteiger partial charge < -0.3 is 10.6 Å². The quantitative estimate of drug-likeness (QED) is 0.903. The average Bonchev–Trinajstić information content (AvgIpc) is 2.30. The number of halogens is 1.